The maximum Gasteiger partial charge on any atom is 0.269 e. The van der Waals surface area contributed by atoms with E-state index in [2.05, 4.69) is 18.8 Å². The molecule has 0 N–H and O–H groups in total. The minimum atomic E-state index is -3.95. The third-order valence-electron chi connectivity index (χ3n) is 6.88. The van der Waals surface area contributed by atoms with Crippen LogP contribution in [0.1, 0.15) is 66.5 Å². The molecule has 0 radical (unpaired) electrons. The van der Waals surface area contributed by atoms with Crippen LogP contribution in [0, 0.1) is 15.5 Å². The second-order valence-corrected chi connectivity index (χ2v) is 12.1. The molecular formula is C25H27N5O5S. The highest BCUT2D eigenvalue weighted by atomic mass is 32.2. The lowest BCUT2D eigenvalue weighted by atomic mass is 9.75. The fraction of sp³-hybridized carbons (Fsp3) is 0.400. The van der Waals surface area contributed by atoms with Crippen LogP contribution in [0.25, 0.3) is 0 Å². The Bertz CT molecular complexity index is 1430. The van der Waals surface area contributed by atoms with E-state index >= 15 is 0 Å². The summed E-state index contributed by atoms with van der Waals surface area (Å²) in [7, 11) is -3.95. The Hall–Kier alpha value is -3.44. The molecule has 1 atom stereocenters. The number of benzene rings is 1. The molecule has 0 bridgehead atoms. The number of nitro groups is 1. The summed E-state index contributed by atoms with van der Waals surface area (Å²) in [5, 5.41) is 15.9. The van der Waals surface area contributed by atoms with Crippen molar-refractivity contribution in [3.05, 3.63) is 81.4 Å². The average molecular weight is 510 g/mol. The molecule has 1 aromatic carbocycles. The first kappa shape index (κ1) is 24.3. The zero-order chi connectivity index (χ0) is 25.7. The van der Waals surface area contributed by atoms with Crippen LogP contribution in [0.3, 0.4) is 0 Å². The molecule has 5 rings (SSSR count). The Morgan fingerprint density at radius 2 is 1.92 bits per heavy atom. The molecule has 3 heterocycles. The fourth-order valence-corrected chi connectivity index (χ4v) is 6.91. The Morgan fingerprint density at radius 3 is 2.58 bits per heavy atom. The molecule has 1 fully saturated rings. The number of carbonyl (C=O) groups is 1. The molecule has 10 nitrogen and oxygen atoms in total. The van der Waals surface area contributed by atoms with Crippen LogP contribution < -0.4 is 0 Å². The first-order chi connectivity index (χ1) is 17.1. The summed E-state index contributed by atoms with van der Waals surface area (Å²) in [6.07, 6.45) is 5.64. The molecule has 188 valence electrons. The van der Waals surface area contributed by atoms with E-state index in [0.717, 1.165) is 11.3 Å². The van der Waals surface area contributed by atoms with Crippen molar-refractivity contribution in [1.29, 1.82) is 0 Å². The Morgan fingerprint density at radius 1 is 1.17 bits per heavy atom. The number of rotatable bonds is 6. The molecule has 36 heavy (non-hydrogen) atoms. The van der Waals surface area contributed by atoms with E-state index in [1.54, 1.807) is 12.4 Å². The quantitative estimate of drug-likeness (QED) is 0.364. The summed E-state index contributed by atoms with van der Waals surface area (Å²) >= 11 is 0. The van der Waals surface area contributed by atoms with Crippen LogP contribution in [0.5, 0.6) is 0 Å². The zero-order valence-corrected chi connectivity index (χ0v) is 20.9. The van der Waals surface area contributed by atoms with E-state index in [4.69, 9.17) is 5.10 Å². The Balaban J connectivity index is 1.56. The maximum absolute atomic E-state index is 13.6. The van der Waals surface area contributed by atoms with Crippen molar-refractivity contribution >= 4 is 21.5 Å². The predicted octanol–water partition coefficient (Wildman–Crippen LogP) is 3.92. The topological polar surface area (TPSA) is 128 Å². The van der Waals surface area contributed by atoms with Crippen molar-refractivity contribution in [1.82, 2.24) is 19.1 Å². The monoisotopic (exact) mass is 509 g/mol. The number of non-ortho nitro benzene ring substituents is 1. The number of sulfonamides is 1. The molecular weight excluding hydrogens is 482 g/mol. The number of hydrogen-bond donors (Lipinski definition) is 0. The Kier molecular flexibility index (Phi) is 6.00. The van der Waals surface area contributed by atoms with Crippen molar-refractivity contribution in [2.75, 3.05) is 6.54 Å². The third-order valence-corrected chi connectivity index (χ3v) is 8.80. The molecule has 3 aromatic rings. The lowest BCUT2D eigenvalue weighted by Gasteiger charge is -2.30. The van der Waals surface area contributed by atoms with Crippen LogP contribution >= 0.6 is 0 Å². The third kappa shape index (κ3) is 4.33. The van der Waals surface area contributed by atoms with Gasteiger partial charge in [-0.2, -0.15) is 9.40 Å². The van der Waals surface area contributed by atoms with Gasteiger partial charge in [0.2, 0.25) is 10.0 Å². The van der Waals surface area contributed by atoms with Gasteiger partial charge in [0.25, 0.3) is 5.69 Å². The number of nitro benzene ring substituents is 1. The summed E-state index contributed by atoms with van der Waals surface area (Å²) in [6, 6.07) is 8.09. The lowest BCUT2D eigenvalue weighted by Crippen LogP contribution is -2.33. The molecule has 0 unspecified atom stereocenters. The van der Waals surface area contributed by atoms with Gasteiger partial charge >= 0.3 is 0 Å². The standard InChI is InChI=1S/C25H27N5O5S/c1-25(2)13-21-23(22(31)14-25)24(27-28(21)16-17-5-3-11-26-15-17)20-6-4-12-29(20)36(34,35)19-9-7-18(8-10-19)30(32)33/h3,5,7-11,15,20H,4,6,12-14,16H2,1-2H3/t20-/m0/s1. The van der Waals surface area contributed by atoms with E-state index in [1.807, 2.05) is 16.8 Å². The number of fused-ring (bicyclic) bond motifs is 1. The number of ketones is 1. The molecule has 1 aliphatic carbocycles. The van der Waals surface area contributed by atoms with Gasteiger partial charge in [0, 0.05) is 37.5 Å². The molecule has 0 amide bonds. The summed E-state index contributed by atoms with van der Waals surface area (Å²) in [4.78, 5) is 28.0. The molecule has 1 aliphatic heterocycles. The summed E-state index contributed by atoms with van der Waals surface area (Å²) in [5.41, 5.74) is 2.39. The van der Waals surface area contributed by atoms with Gasteiger partial charge in [0.05, 0.1) is 39.4 Å². The Labute approximate surface area is 209 Å². The van der Waals surface area contributed by atoms with Crippen molar-refractivity contribution in [3.63, 3.8) is 0 Å². The molecule has 0 spiro atoms. The number of hydrogen-bond acceptors (Lipinski definition) is 7. The van der Waals surface area contributed by atoms with Crippen molar-refractivity contribution in [3.8, 4) is 0 Å². The van der Waals surface area contributed by atoms with Gasteiger partial charge in [0.15, 0.2) is 5.78 Å². The normalized spacial score (nSPS) is 19.8. The van der Waals surface area contributed by atoms with Gasteiger partial charge < -0.3 is 0 Å². The van der Waals surface area contributed by atoms with Gasteiger partial charge in [-0.1, -0.05) is 19.9 Å². The predicted molar refractivity (Wildman–Crippen MR) is 131 cm³/mol. The highest BCUT2D eigenvalue weighted by Gasteiger charge is 2.43. The minimum Gasteiger partial charge on any atom is -0.294 e. The van der Waals surface area contributed by atoms with Crippen LogP contribution in [-0.4, -0.2) is 44.7 Å². The van der Waals surface area contributed by atoms with Gasteiger partial charge in [-0.3, -0.25) is 24.6 Å². The summed E-state index contributed by atoms with van der Waals surface area (Å²) in [5.74, 6) is -0.0201. The summed E-state index contributed by atoms with van der Waals surface area (Å²) < 4.78 is 30.4. The number of nitrogens with zero attached hydrogens (tertiary/aromatic N) is 5. The van der Waals surface area contributed by atoms with Gasteiger partial charge in [-0.05, 0) is 48.4 Å². The van der Waals surface area contributed by atoms with Gasteiger partial charge in [-0.15, -0.1) is 0 Å². The smallest absolute Gasteiger partial charge is 0.269 e. The summed E-state index contributed by atoms with van der Waals surface area (Å²) in [6.45, 7) is 4.82. The highest BCUT2D eigenvalue weighted by Crippen LogP contribution is 2.43. The molecule has 2 aliphatic rings. The van der Waals surface area contributed by atoms with Gasteiger partial charge in [0.1, 0.15) is 0 Å². The van der Waals surface area contributed by atoms with E-state index in [9.17, 15) is 23.3 Å². The number of pyridine rings is 1. The maximum atomic E-state index is 13.6. The van der Waals surface area contributed by atoms with E-state index in [0.29, 0.717) is 43.5 Å². The number of Topliss-reactive ketones (excluding diaryl/α,β-unsaturated/α-hetero) is 1. The van der Waals surface area contributed by atoms with Gasteiger partial charge in [-0.25, -0.2) is 8.42 Å². The van der Waals surface area contributed by atoms with E-state index in [-0.39, 0.29) is 28.3 Å². The van der Waals surface area contributed by atoms with E-state index in [1.165, 1.54) is 28.6 Å². The second kappa shape index (κ2) is 8.90. The fourth-order valence-electron chi connectivity index (χ4n) is 5.24. The highest BCUT2D eigenvalue weighted by molar-refractivity contribution is 7.89. The first-order valence-corrected chi connectivity index (χ1v) is 13.3. The van der Waals surface area contributed by atoms with Crippen LogP contribution in [-0.2, 0) is 23.0 Å². The zero-order valence-electron chi connectivity index (χ0n) is 20.1. The van der Waals surface area contributed by atoms with Crippen molar-refractivity contribution in [2.24, 2.45) is 5.41 Å². The SMILES string of the molecule is CC1(C)CC(=O)c2c([C@@H]3CCCN3S(=O)(=O)c3ccc([N+](=O)[O-])cc3)nn(Cc3cccnc3)c2C1. The van der Waals surface area contributed by atoms with E-state index < -0.39 is 21.0 Å². The molecule has 1 saturated heterocycles. The van der Waals surface area contributed by atoms with Crippen LogP contribution in [0.4, 0.5) is 5.69 Å². The van der Waals surface area contributed by atoms with Crippen LogP contribution in [0.2, 0.25) is 0 Å². The lowest BCUT2D eigenvalue weighted by molar-refractivity contribution is -0.384. The number of aromatic nitrogens is 3. The minimum absolute atomic E-state index is 0.0175. The van der Waals surface area contributed by atoms with Crippen LogP contribution in [0.15, 0.2) is 53.7 Å². The molecule has 2 aromatic heterocycles. The molecule has 0 saturated carbocycles. The first-order valence-electron chi connectivity index (χ1n) is 11.8. The average Bonchev–Trinajstić information content (AvgIpc) is 3.45. The largest absolute Gasteiger partial charge is 0.294 e. The number of carbonyl (C=O) groups excluding carboxylic acids is 1. The van der Waals surface area contributed by atoms with Crippen molar-refractivity contribution < 1.29 is 18.1 Å². The molecule has 11 heteroatoms. The van der Waals surface area contributed by atoms with Crippen molar-refractivity contribution in [2.45, 2.75) is 57.0 Å². The second-order valence-electron chi connectivity index (χ2n) is 10.2.